The molecule has 0 aromatic heterocycles. The third-order valence-electron chi connectivity index (χ3n) is 4.24. The summed E-state index contributed by atoms with van der Waals surface area (Å²) >= 11 is 0. The number of carbonyl (C=O) groups is 2. The number of ether oxygens (including phenoxy) is 2. The van der Waals surface area contributed by atoms with Crippen molar-refractivity contribution in [2.75, 3.05) is 32.6 Å². The molecule has 0 radical (unpaired) electrons. The Morgan fingerprint density at radius 2 is 1.62 bits per heavy atom. The van der Waals surface area contributed by atoms with Crippen LogP contribution in [0, 0.1) is 0 Å². The lowest BCUT2D eigenvalue weighted by atomic mass is 10.2. The van der Waals surface area contributed by atoms with Crippen LogP contribution in [-0.2, 0) is 19.6 Å². The van der Waals surface area contributed by atoms with Gasteiger partial charge in [0.2, 0.25) is 0 Å². The number of nitrogens with zero attached hydrogens (tertiary/aromatic N) is 2. The van der Waals surface area contributed by atoms with Gasteiger partial charge < -0.3 is 14.4 Å². The van der Waals surface area contributed by atoms with Gasteiger partial charge in [-0.15, -0.1) is 0 Å². The second-order valence-corrected chi connectivity index (χ2v) is 8.45. The molecule has 29 heavy (non-hydrogen) atoms. The number of hydrogen-bond acceptors (Lipinski definition) is 6. The molecule has 0 saturated heterocycles. The molecule has 1 amide bonds. The quantitative estimate of drug-likeness (QED) is 0.637. The van der Waals surface area contributed by atoms with Crippen LogP contribution < -0.4 is 9.04 Å². The molecule has 0 fully saturated rings. The fraction of sp³-hybridized carbons (Fsp3) is 0.300. The van der Waals surface area contributed by atoms with Gasteiger partial charge >= 0.3 is 5.97 Å². The average Bonchev–Trinajstić information content (AvgIpc) is 2.72. The van der Waals surface area contributed by atoms with E-state index in [1.807, 2.05) is 0 Å². The van der Waals surface area contributed by atoms with Crippen LogP contribution in [0.2, 0.25) is 0 Å². The maximum atomic E-state index is 13.0. The second-order valence-electron chi connectivity index (χ2n) is 6.48. The van der Waals surface area contributed by atoms with E-state index in [2.05, 4.69) is 0 Å². The number of benzene rings is 2. The molecule has 9 heteroatoms. The standard InChI is InChI=1S/C20H24N2O6S/c1-14(19(23)21(2)3)28-20(24)15-7-6-8-18(13-15)29(25,26)22(4)16-9-11-17(27-5)12-10-16/h6-14H,1-5H3/t14-/m0/s1. The molecule has 2 aromatic carbocycles. The van der Waals surface area contributed by atoms with E-state index >= 15 is 0 Å². The molecule has 8 nitrogen and oxygen atoms in total. The van der Waals surface area contributed by atoms with Crippen molar-refractivity contribution < 1.29 is 27.5 Å². The summed E-state index contributed by atoms with van der Waals surface area (Å²) in [5.41, 5.74) is 0.469. The first kappa shape index (κ1) is 22.2. The SMILES string of the molecule is COc1ccc(N(C)S(=O)(=O)c2cccc(C(=O)O[C@@H](C)C(=O)N(C)C)c2)cc1. The first-order valence-corrected chi connectivity index (χ1v) is 10.2. The summed E-state index contributed by atoms with van der Waals surface area (Å²) < 4.78 is 37.3. The van der Waals surface area contributed by atoms with Crippen molar-refractivity contribution in [1.82, 2.24) is 4.90 Å². The first-order valence-electron chi connectivity index (χ1n) is 8.73. The van der Waals surface area contributed by atoms with E-state index in [1.165, 1.54) is 50.2 Å². The Morgan fingerprint density at radius 1 is 1.00 bits per heavy atom. The van der Waals surface area contributed by atoms with E-state index in [0.717, 1.165) is 4.31 Å². The van der Waals surface area contributed by atoms with Gasteiger partial charge in [-0.1, -0.05) is 6.07 Å². The van der Waals surface area contributed by atoms with Gasteiger partial charge in [-0.25, -0.2) is 13.2 Å². The normalized spacial score (nSPS) is 12.0. The number of hydrogen-bond donors (Lipinski definition) is 0. The largest absolute Gasteiger partial charge is 0.497 e. The van der Waals surface area contributed by atoms with Crippen molar-refractivity contribution in [3.63, 3.8) is 0 Å². The number of esters is 1. The smallest absolute Gasteiger partial charge is 0.338 e. The van der Waals surface area contributed by atoms with Crippen molar-refractivity contribution in [3.8, 4) is 5.75 Å². The van der Waals surface area contributed by atoms with Crippen LogP contribution in [0.25, 0.3) is 0 Å². The Kier molecular flexibility index (Phi) is 6.86. The van der Waals surface area contributed by atoms with Gasteiger partial charge in [0.25, 0.3) is 15.9 Å². The molecule has 156 valence electrons. The summed E-state index contributed by atoms with van der Waals surface area (Å²) in [5, 5.41) is 0. The van der Waals surface area contributed by atoms with Gasteiger partial charge in [-0.05, 0) is 49.4 Å². The lowest BCUT2D eigenvalue weighted by Gasteiger charge is -2.20. The first-order chi connectivity index (χ1) is 13.6. The average molecular weight is 420 g/mol. The van der Waals surface area contributed by atoms with Crippen molar-refractivity contribution >= 4 is 27.6 Å². The highest BCUT2D eigenvalue weighted by Gasteiger charge is 2.24. The zero-order chi connectivity index (χ0) is 21.8. The molecule has 0 unspecified atom stereocenters. The molecule has 0 heterocycles. The fourth-order valence-corrected chi connectivity index (χ4v) is 3.76. The topological polar surface area (TPSA) is 93.2 Å². The van der Waals surface area contributed by atoms with Crippen LogP contribution in [0.3, 0.4) is 0 Å². The lowest BCUT2D eigenvalue weighted by Crippen LogP contribution is -2.35. The monoisotopic (exact) mass is 420 g/mol. The fourth-order valence-electron chi connectivity index (χ4n) is 2.52. The van der Waals surface area contributed by atoms with E-state index in [1.54, 1.807) is 38.4 Å². The Hall–Kier alpha value is -3.07. The second kappa shape index (κ2) is 8.95. The molecule has 0 N–H and O–H groups in total. The van der Waals surface area contributed by atoms with Crippen LogP contribution in [0.5, 0.6) is 5.75 Å². The van der Waals surface area contributed by atoms with Crippen LogP contribution in [0.15, 0.2) is 53.4 Å². The highest BCUT2D eigenvalue weighted by Crippen LogP contribution is 2.25. The van der Waals surface area contributed by atoms with Crippen molar-refractivity contribution in [3.05, 3.63) is 54.1 Å². The molecule has 0 aliphatic carbocycles. The van der Waals surface area contributed by atoms with Gasteiger partial charge in [0.05, 0.1) is 23.3 Å². The van der Waals surface area contributed by atoms with Crippen LogP contribution in [0.4, 0.5) is 5.69 Å². The summed E-state index contributed by atoms with van der Waals surface area (Å²) in [6.07, 6.45) is -0.986. The van der Waals surface area contributed by atoms with E-state index in [-0.39, 0.29) is 16.4 Å². The molecule has 2 rings (SSSR count). The third-order valence-corrected chi connectivity index (χ3v) is 6.02. The summed E-state index contributed by atoms with van der Waals surface area (Å²) in [6, 6.07) is 12.0. The van der Waals surface area contributed by atoms with Gasteiger partial charge in [0.15, 0.2) is 6.10 Å². The van der Waals surface area contributed by atoms with Crippen LogP contribution in [0.1, 0.15) is 17.3 Å². The number of methoxy groups -OCH3 is 1. The minimum atomic E-state index is -3.92. The van der Waals surface area contributed by atoms with E-state index < -0.39 is 22.1 Å². The number of amides is 1. The molecule has 0 spiro atoms. The number of likely N-dealkylation sites (N-methyl/N-ethyl adjacent to an activating group) is 1. The van der Waals surface area contributed by atoms with Crippen LogP contribution >= 0.6 is 0 Å². The zero-order valence-corrected chi connectivity index (χ0v) is 17.8. The molecule has 1 atom stereocenters. The summed E-state index contributed by atoms with van der Waals surface area (Å²) in [7, 11) is 2.12. The Labute approximate surface area is 170 Å². The van der Waals surface area contributed by atoms with Crippen LogP contribution in [-0.4, -0.2) is 59.6 Å². The van der Waals surface area contributed by atoms with E-state index in [9.17, 15) is 18.0 Å². The zero-order valence-electron chi connectivity index (χ0n) is 16.9. The predicted molar refractivity (Wildman–Crippen MR) is 109 cm³/mol. The Morgan fingerprint density at radius 3 is 2.17 bits per heavy atom. The summed E-state index contributed by atoms with van der Waals surface area (Å²) in [4.78, 5) is 25.5. The van der Waals surface area contributed by atoms with Gasteiger partial charge in [-0.3, -0.25) is 9.10 Å². The maximum Gasteiger partial charge on any atom is 0.338 e. The predicted octanol–water partition coefficient (Wildman–Crippen LogP) is 2.15. The number of rotatable bonds is 7. The Bertz CT molecular complexity index is 986. The molecule has 0 saturated carbocycles. The summed E-state index contributed by atoms with van der Waals surface area (Å²) in [6.45, 7) is 1.46. The maximum absolute atomic E-state index is 13.0. The van der Waals surface area contributed by atoms with Gasteiger partial charge in [-0.2, -0.15) is 0 Å². The minimum Gasteiger partial charge on any atom is -0.497 e. The molecule has 0 bridgehead atoms. The minimum absolute atomic E-state index is 0.0348. The molecule has 2 aromatic rings. The van der Waals surface area contributed by atoms with E-state index in [4.69, 9.17) is 9.47 Å². The lowest BCUT2D eigenvalue weighted by molar-refractivity contribution is -0.137. The van der Waals surface area contributed by atoms with Gasteiger partial charge in [0, 0.05) is 21.1 Å². The molecular weight excluding hydrogens is 396 g/mol. The Balaban J connectivity index is 2.26. The highest BCUT2D eigenvalue weighted by molar-refractivity contribution is 7.92. The summed E-state index contributed by atoms with van der Waals surface area (Å²) in [5.74, 6) is -0.552. The van der Waals surface area contributed by atoms with E-state index in [0.29, 0.717) is 11.4 Å². The van der Waals surface area contributed by atoms with Crippen molar-refractivity contribution in [2.45, 2.75) is 17.9 Å². The number of anilines is 1. The van der Waals surface area contributed by atoms with Gasteiger partial charge in [0.1, 0.15) is 5.75 Å². The highest BCUT2D eigenvalue weighted by atomic mass is 32.2. The van der Waals surface area contributed by atoms with Crippen molar-refractivity contribution in [2.24, 2.45) is 0 Å². The third kappa shape index (κ3) is 5.05. The molecule has 0 aliphatic rings. The number of sulfonamides is 1. The number of carbonyl (C=O) groups excluding carboxylic acids is 2. The van der Waals surface area contributed by atoms with Crippen molar-refractivity contribution in [1.29, 1.82) is 0 Å². The molecular formula is C20H24N2O6S. The molecule has 0 aliphatic heterocycles.